The first-order chi connectivity index (χ1) is 13.6. The van der Waals surface area contributed by atoms with Crippen molar-refractivity contribution in [3.8, 4) is 11.5 Å². The maximum Gasteiger partial charge on any atom is 0.161 e. The van der Waals surface area contributed by atoms with Gasteiger partial charge in [-0.1, -0.05) is 32.8 Å². The highest BCUT2D eigenvalue weighted by molar-refractivity contribution is 5.43. The Labute approximate surface area is 170 Å². The summed E-state index contributed by atoms with van der Waals surface area (Å²) in [5.74, 6) is 1.46. The fourth-order valence-electron chi connectivity index (χ4n) is 4.90. The van der Waals surface area contributed by atoms with Crippen molar-refractivity contribution in [3.05, 3.63) is 23.8 Å². The predicted molar refractivity (Wildman–Crippen MR) is 113 cm³/mol. The second kappa shape index (κ2) is 9.95. The number of hydrogen-bond acceptors (Lipinski definition) is 5. The third-order valence-corrected chi connectivity index (χ3v) is 6.61. The molecule has 1 aliphatic heterocycles. The monoisotopic (exact) mass is 390 g/mol. The number of aliphatic hydroxyl groups is 1. The van der Waals surface area contributed by atoms with Gasteiger partial charge in [-0.25, -0.2) is 0 Å². The predicted octanol–water partition coefficient (Wildman–Crippen LogP) is 3.54. The van der Waals surface area contributed by atoms with E-state index < -0.39 is 6.10 Å². The molecular formula is C23H38N2O3. The summed E-state index contributed by atoms with van der Waals surface area (Å²) >= 11 is 0. The fraction of sp³-hybridized carbons (Fsp3) is 0.739. The number of aliphatic hydroxyl groups excluding tert-OH is 1. The van der Waals surface area contributed by atoms with Gasteiger partial charge in [-0.15, -0.1) is 0 Å². The van der Waals surface area contributed by atoms with Gasteiger partial charge in [0.1, 0.15) is 12.7 Å². The standard InChI is InChI=1S/C23H38N2O3/c1-4-24(5-2)16-20(26)17-28-21-9-8-19(14-22(21)27-3)15-25-13-12-23(18-25)10-6-7-11-23/h8-9,14,20,26H,4-7,10-13,15-18H2,1-3H3/t20-/m0/s1. The summed E-state index contributed by atoms with van der Waals surface area (Å²) < 4.78 is 11.4. The van der Waals surface area contributed by atoms with Crippen molar-refractivity contribution >= 4 is 0 Å². The molecule has 5 heteroatoms. The Morgan fingerprint density at radius 1 is 1.14 bits per heavy atom. The van der Waals surface area contributed by atoms with Gasteiger partial charge in [0.05, 0.1) is 7.11 Å². The van der Waals surface area contributed by atoms with Crippen LogP contribution in [0.2, 0.25) is 0 Å². The molecule has 28 heavy (non-hydrogen) atoms. The van der Waals surface area contributed by atoms with Crippen molar-refractivity contribution in [1.82, 2.24) is 9.80 Å². The molecule has 1 heterocycles. The summed E-state index contributed by atoms with van der Waals surface area (Å²) in [6.45, 7) is 10.4. The first-order valence-electron chi connectivity index (χ1n) is 11.0. The van der Waals surface area contributed by atoms with E-state index in [2.05, 4.69) is 35.8 Å². The smallest absolute Gasteiger partial charge is 0.161 e. The summed E-state index contributed by atoms with van der Waals surface area (Å²) in [7, 11) is 1.68. The highest BCUT2D eigenvalue weighted by Gasteiger charge is 2.39. The van der Waals surface area contributed by atoms with Crippen LogP contribution in [0.15, 0.2) is 18.2 Å². The molecule has 1 N–H and O–H groups in total. The lowest BCUT2D eigenvalue weighted by Gasteiger charge is -2.24. The highest BCUT2D eigenvalue weighted by atomic mass is 16.5. The van der Waals surface area contributed by atoms with Gasteiger partial charge in [-0.3, -0.25) is 4.90 Å². The van der Waals surface area contributed by atoms with E-state index in [9.17, 15) is 5.11 Å². The highest BCUT2D eigenvalue weighted by Crippen LogP contribution is 2.45. The Balaban J connectivity index is 1.53. The zero-order valence-electron chi connectivity index (χ0n) is 18.0. The second-order valence-electron chi connectivity index (χ2n) is 8.60. The van der Waals surface area contributed by atoms with Crippen LogP contribution in [0, 0.1) is 5.41 Å². The summed E-state index contributed by atoms with van der Waals surface area (Å²) in [5.41, 5.74) is 1.87. The van der Waals surface area contributed by atoms with E-state index in [1.54, 1.807) is 7.11 Å². The average molecular weight is 391 g/mol. The molecule has 1 aromatic carbocycles. The van der Waals surface area contributed by atoms with Crippen molar-refractivity contribution < 1.29 is 14.6 Å². The molecular weight excluding hydrogens is 352 g/mol. The first kappa shape index (κ1) is 21.4. The molecule has 5 nitrogen and oxygen atoms in total. The Morgan fingerprint density at radius 3 is 2.57 bits per heavy atom. The number of nitrogens with zero attached hydrogens (tertiary/aromatic N) is 2. The number of rotatable bonds is 10. The molecule has 1 spiro atoms. The molecule has 1 aromatic rings. The van der Waals surface area contributed by atoms with Crippen LogP contribution < -0.4 is 9.47 Å². The van der Waals surface area contributed by atoms with Crippen LogP contribution in [0.4, 0.5) is 0 Å². The zero-order valence-corrected chi connectivity index (χ0v) is 18.0. The number of likely N-dealkylation sites (tertiary alicyclic amines) is 1. The van der Waals surface area contributed by atoms with Crippen molar-refractivity contribution in [2.24, 2.45) is 5.41 Å². The van der Waals surface area contributed by atoms with E-state index >= 15 is 0 Å². The Hall–Kier alpha value is -1.30. The lowest BCUT2D eigenvalue weighted by Crippen LogP contribution is -2.35. The molecule has 1 saturated heterocycles. The summed E-state index contributed by atoms with van der Waals surface area (Å²) in [6, 6.07) is 6.21. The van der Waals surface area contributed by atoms with Gasteiger partial charge in [0.25, 0.3) is 0 Å². The minimum atomic E-state index is -0.503. The molecule has 0 bridgehead atoms. The average Bonchev–Trinajstić information content (AvgIpc) is 3.34. The maximum absolute atomic E-state index is 10.2. The summed E-state index contributed by atoms with van der Waals surface area (Å²) in [4.78, 5) is 4.79. The third-order valence-electron chi connectivity index (χ3n) is 6.61. The van der Waals surface area contributed by atoms with E-state index in [0.29, 0.717) is 17.7 Å². The molecule has 2 fully saturated rings. The molecule has 3 rings (SSSR count). The quantitative estimate of drug-likeness (QED) is 0.662. The molecule has 0 aromatic heterocycles. The van der Waals surface area contributed by atoms with Gasteiger partial charge in [0, 0.05) is 19.6 Å². The van der Waals surface area contributed by atoms with Gasteiger partial charge in [0.2, 0.25) is 0 Å². The molecule has 1 aliphatic carbocycles. The number of ether oxygens (including phenoxy) is 2. The van der Waals surface area contributed by atoms with Crippen molar-refractivity contribution in [2.45, 2.75) is 58.6 Å². The van der Waals surface area contributed by atoms with E-state index in [1.165, 1.54) is 50.8 Å². The zero-order chi connectivity index (χ0) is 20.0. The number of hydrogen-bond donors (Lipinski definition) is 1. The second-order valence-corrected chi connectivity index (χ2v) is 8.60. The molecule has 2 aliphatic rings. The molecule has 0 amide bonds. The molecule has 1 atom stereocenters. The minimum absolute atomic E-state index is 0.279. The number of likely N-dealkylation sites (N-methyl/N-ethyl adjacent to an activating group) is 1. The minimum Gasteiger partial charge on any atom is -0.493 e. The van der Waals surface area contributed by atoms with E-state index in [1.807, 2.05) is 6.07 Å². The SMILES string of the molecule is CCN(CC)C[C@H](O)COc1ccc(CN2CCC3(CCCC3)C2)cc1OC. The fourth-order valence-corrected chi connectivity index (χ4v) is 4.90. The van der Waals surface area contributed by atoms with Crippen molar-refractivity contribution in [2.75, 3.05) is 46.4 Å². The number of benzene rings is 1. The Morgan fingerprint density at radius 2 is 1.89 bits per heavy atom. The lowest BCUT2D eigenvalue weighted by molar-refractivity contribution is 0.0705. The van der Waals surface area contributed by atoms with Crippen LogP contribution in [0.5, 0.6) is 11.5 Å². The lowest BCUT2D eigenvalue weighted by atomic mass is 9.86. The van der Waals surface area contributed by atoms with Crippen LogP contribution in [-0.4, -0.2) is 67.5 Å². The third kappa shape index (κ3) is 5.40. The Kier molecular flexibility index (Phi) is 7.61. The summed E-state index contributed by atoms with van der Waals surface area (Å²) in [5, 5.41) is 10.2. The first-order valence-corrected chi connectivity index (χ1v) is 11.0. The molecule has 158 valence electrons. The number of methoxy groups -OCH3 is 1. The van der Waals surface area contributed by atoms with Gasteiger partial charge in [-0.2, -0.15) is 0 Å². The van der Waals surface area contributed by atoms with E-state index in [0.717, 1.165) is 25.4 Å². The van der Waals surface area contributed by atoms with Crippen LogP contribution in [-0.2, 0) is 6.54 Å². The molecule has 0 radical (unpaired) electrons. The maximum atomic E-state index is 10.2. The topological polar surface area (TPSA) is 45.2 Å². The van der Waals surface area contributed by atoms with Gasteiger partial charge < -0.3 is 19.5 Å². The molecule has 0 unspecified atom stereocenters. The van der Waals surface area contributed by atoms with Gasteiger partial charge in [-0.05, 0) is 62.0 Å². The van der Waals surface area contributed by atoms with Gasteiger partial charge in [0.15, 0.2) is 11.5 Å². The molecule has 1 saturated carbocycles. The van der Waals surface area contributed by atoms with E-state index in [4.69, 9.17) is 9.47 Å². The van der Waals surface area contributed by atoms with Crippen LogP contribution in [0.3, 0.4) is 0 Å². The van der Waals surface area contributed by atoms with E-state index in [-0.39, 0.29) is 6.61 Å². The van der Waals surface area contributed by atoms with Crippen molar-refractivity contribution in [3.63, 3.8) is 0 Å². The largest absolute Gasteiger partial charge is 0.493 e. The van der Waals surface area contributed by atoms with Gasteiger partial charge >= 0.3 is 0 Å². The van der Waals surface area contributed by atoms with Crippen LogP contribution >= 0.6 is 0 Å². The van der Waals surface area contributed by atoms with Crippen LogP contribution in [0.1, 0.15) is 51.5 Å². The van der Waals surface area contributed by atoms with Crippen LogP contribution in [0.25, 0.3) is 0 Å². The van der Waals surface area contributed by atoms with Crippen molar-refractivity contribution in [1.29, 1.82) is 0 Å². The Bertz CT molecular complexity index is 612. The normalized spacial score (nSPS) is 20.2. The summed E-state index contributed by atoms with van der Waals surface area (Å²) in [6.07, 6.45) is 6.50.